The second-order valence-corrected chi connectivity index (χ2v) is 4.66. The smallest absolute Gasteiger partial charge is 0.0445 e. The highest BCUT2D eigenvalue weighted by atomic mass is 16.3. The van der Waals surface area contributed by atoms with Crippen LogP contribution in [0.5, 0.6) is 0 Å². The van der Waals surface area contributed by atoms with Crippen molar-refractivity contribution in [2.75, 3.05) is 13.2 Å². The summed E-state index contributed by atoms with van der Waals surface area (Å²) in [5, 5.41) is 12.4. The van der Waals surface area contributed by atoms with Crippen LogP contribution >= 0.6 is 0 Å². The molecule has 2 N–H and O–H groups in total. The maximum atomic E-state index is 8.87. The Labute approximate surface area is 80.7 Å². The first-order valence-electron chi connectivity index (χ1n) is 5.74. The van der Waals surface area contributed by atoms with E-state index >= 15 is 0 Å². The summed E-state index contributed by atoms with van der Waals surface area (Å²) in [6.07, 6.45) is 8.01. The number of hydrogen-bond acceptors (Lipinski definition) is 2. The monoisotopic (exact) mass is 183 g/mol. The molecular formula is C11H21NO. The maximum absolute atomic E-state index is 8.87. The molecule has 0 aromatic carbocycles. The van der Waals surface area contributed by atoms with E-state index in [0.29, 0.717) is 12.6 Å². The average Bonchev–Trinajstić information content (AvgIpc) is 2.18. The van der Waals surface area contributed by atoms with Gasteiger partial charge in [0.05, 0.1) is 0 Å². The van der Waals surface area contributed by atoms with Crippen molar-refractivity contribution in [3.63, 3.8) is 0 Å². The Morgan fingerprint density at radius 1 is 1.15 bits per heavy atom. The second-order valence-electron chi connectivity index (χ2n) is 4.66. The quantitative estimate of drug-likeness (QED) is 0.680. The van der Waals surface area contributed by atoms with Gasteiger partial charge in [-0.15, -0.1) is 0 Å². The summed E-state index contributed by atoms with van der Waals surface area (Å²) >= 11 is 0. The largest absolute Gasteiger partial charge is 0.396 e. The van der Waals surface area contributed by atoms with E-state index in [-0.39, 0.29) is 0 Å². The third-order valence-electron chi connectivity index (χ3n) is 3.80. The zero-order valence-corrected chi connectivity index (χ0v) is 8.34. The number of aliphatic hydroxyl groups is 1. The van der Waals surface area contributed by atoms with E-state index in [1.165, 1.54) is 38.6 Å². The molecule has 3 atom stereocenters. The molecule has 2 rings (SSSR count). The van der Waals surface area contributed by atoms with Crippen LogP contribution in [0, 0.1) is 11.8 Å². The van der Waals surface area contributed by atoms with Gasteiger partial charge in [-0.3, -0.25) is 0 Å². The number of fused-ring (bicyclic) bond motifs is 1. The highest BCUT2D eigenvalue weighted by Crippen LogP contribution is 2.35. The molecule has 1 aliphatic heterocycles. The predicted octanol–water partition coefficient (Wildman–Crippen LogP) is 1.54. The first kappa shape index (κ1) is 9.47. The van der Waals surface area contributed by atoms with E-state index in [9.17, 15) is 0 Å². The lowest BCUT2D eigenvalue weighted by molar-refractivity contribution is 0.138. The lowest BCUT2D eigenvalue weighted by atomic mass is 9.73. The molecule has 0 spiro atoms. The Morgan fingerprint density at radius 2 is 1.92 bits per heavy atom. The summed E-state index contributed by atoms with van der Waals surface area (Å²) in [5.41, 5.74) is 0. The molecule has 1 aliphatic carbocycles. The molecule has 1 heterocycles. The van der Waals surface area contributed by atoms with Gasteiger partial charge in [0.25, 0.3) is 0 Å². The van der Waals surface area contributed by atoms with Crippen LogP contribution in [0.1, 0.15) is 38.5 Å². The highest BCUT2D eigenvalue weighted by Gasteiger charge is 2.31. The molecular weight excluding hydrogens is 162 g/mol. The molecule has 0 unspecified atom stereocenters. The van der Waals surface area contributed by atoms with Gasteiger partial charge in [-0.05, 0) is 37.6 Å². The molecule has 2 heteroatoms. The third kappa shape index (κ3) is 2.23. The molecule has 0 aromatic rings. The second kappa shape index (κ2) is 4.43. The van der Waals surface area contributed by atoms with Gasteiger partial charge in [-0.2, -0.15) is 0 Å². The third-order valence-corrected chi connectivity index (χ3v) is 3.80. The number of aliphatic hydroxyl groups excluding tert-OH is 1. The molecule has 76 valence electrons. The van der Waals surface area contributed by atoms with Crippen molar-refractivity contribution in [3.8, 4) is 0 Å². The molecule has 1 saturated heterocycles. The van der Waals surface area contributed by atoms with Crippen LogP contribution in [0.15, 0.2) is 0 Å². The summed E-state index contributed by atoms with van der Waals surface area (Å²) < 4.78 is 0. The van der Waals surface area contributed by atoms with Crippen LogP contribution in [0.25, 0.3) is 0 Å². The van der Waals surface area contributed by atoms with E-state index in [2.05, 4.69) is 5.32 Å². The van der Waals surface area contributed by atoms with Crippen molar-refractivity contribution in [2.24, 2.45) is 11.8 Å². The SMILES string of the molecule is OCC[C@H]1C[C@H]2CCCC[C@@H]2CN1. The Hall–Kier alpha value is -0.0800. The lowest BCUT2D eigenvalue weighted by Gasteiger charge is -2.40. The lowest BCUT2D eigenvalue weighted by Crippen LogP contribution is -2.45. The van der Waals surface area contributed by atoms with E-state index in [1.807, 2.05) is 0 Å². The standard InChI is InChI=1S/C11H21NO/c13-6-5-11-7-9-3-1-2-4-10(9)8-12-11/h9-13H,1-8H2/t9-,10-,11+/m1/s1. The molecule has 1 saturated carbocycles. The maximum Gasteiger partial charge on any atom is 0.0445 e. The van der Waals surface area contributed by atoms with Crippen LogP contribution in [0.2, 0.25) is 0 Å². The van der Waals surface area contributed by atoms with Gasteiger partial charge in [0.15, 0.2) is 0 Å². The number of rotatable bonds is 2. The van der Waals surface area contributed by atoms with E-state index in [0.717, 1.165) is 18.3 Å². The first-order valence-corrected chi connectivity index (χ1v) is 5.74. The Kier molecular flexibility index (Phi) is 3.23. The Balaban J connectivity index is 1.84. The van der Waals surface area contributed by atoms with E-state index in [1.54, 1.807) is 0 Å². The molecule has 0 radical (unpaired) electrons. The van der Waals surface area contributed by atoms with Gasteiger partial charge in [0.2, 0.25) is 0 Å². The first-order chi connectivity index (χ1) is 6.40. The van der Waals surface area contributed by atoms with Crippen LogP contribution in [0.4, 0.5) is 0 Å². The van der Waals surface area contributed by atoms with Gasteiger partial charge in [-0.1, -0.05) is 19.3 Å². The minimum atomic E-state index is 0.342. The summed E-state index contributed by atoms with van der Waals surface area (Å²) in [7, 11) is 0. The fraction of sp³-hybridized carbons (Fsp3) is 1.00. The summed E-state index contributed by atoms with van der Waals surface area (Å²) in [6, 6.07) is 0.601. The van der Waals surface area contributed by atoms with E-state index < -0.39 is 0 Å². The zero-order chi connectivity index (χ0) is 9.10. The molecule has 0 amide bonds. The number of piperidine rings is 1. The predicted molar refractivity (Wildman–Crippen MR) is 53.6 cm³/mol. The van der Waals surface area contributed by atoms with Crippen molar-refractivity contribution in [2.45, 2.75) is 44.6 Å². The molecule has 2 fully saturated rings. The van der Waals surface area contributed by atoms with Gasteiger partial charge < -0.3 is 10.4 Å². The summed E-state index contributed by atoms with van der Waals surface area (Å²) in [6.45, 7) is 1.55. The van der Waals surface area contributed by atoms with E-state index in [4.69, 9.17) is 5.11 Å². The molecule has 0 aromatic heterocycles. The van der Waals surface area contributed by atoms with Gasteiger partial charge in [-0.25, -0.2) is 0 Å². The van der Waals surface area contributed by atoms with Crippen LogP contribution in [-0.2, 0) is 0 Å². The van der Waals surface area contributed by atoms with Crippen LogP contribution < -0.4 is 5.32 Å². The minimum Gasteiger partial charge on any atom is -0.396 e. The van der Waals surface area contributed by atoms with Gasteiger partial charge in [0, 0.05) is 12.6 Å². The van der Waals surface area contributed by atoms with Gasteiger partial charge >= 0.3 is 0 Å². The summed E-state index contributed by atoms with van der Waals surface area (Å²) in [4.78, 5) is 0. The molecule has 13 heavy (non-hydrogen) atoms. The highest BCUT2D eigenvalue weighted by molar-refractivity contribution is 4.86. The Morgan fingerprint density at radius 3 is 2.69 bits per heavy atom. The zero-order valence-electron chi connectivity index (χ0n) is 8.34. The molecule has 0 bridgehead atoms. The molecule has 2 aliphatic rings. The average molecular weight is 183 g/mol. The summed E-state index contributed by atoms with van der Waals surface area (Å²) in [5.74, 6) is 1.91. The normalized spacial score (nSPS) is 39.9. The minimum absolute atomic E-state index is 0.342. The fourth-order valence-corrected chi connectivity index (χ4v) is 3.01. The van der Waals surface area contributed by atoms with Crippen LogP contribution in [-0.4, -0.2) is 24.3 Å². The van der Waals surface area contributed by atoms with Crippen molar-refractivity contribution >= 4 is 0 Å². The molecule has 2 nitrogen and oxygen atoms in total. The van der Waals surface area contributed by atoms with Crippen molar-refractivity contribution in [1.82, 2.24) is 5.32 Å². The van der Waals surface area contributed by atoms with Crippen molar-refractivity contribution < 1.29 is 5.11 Å². The topological polar surface area (TPSA) is 32.3 Å². The van der Waals surface area contributed by atoms with Crippen LogP contribution in [0.3, 0.4) is 0 Å². The van der Waals surface area contributed by atoms with Crippen molar-refractivity contribution in [3.05, 3.63) is 0 Å². The number of hydrogen-bond donors (Lipinski definition) is 2. The van der Waals surface area contributed by atoms with Crippen molar-refractivity contribution in [1.29, 1.82) is 0 Å². The fourth-order valence-electron chi connectivity index (χ4n) is 3.01. The number of nitrogens with one attached hydrogen (secondary N) is 1. The Bertz CT molecular complexity index is 160. The van der Waals surface area contributed by atoms with Gasteiger partial charge in [0.1, 0.15) is 0 Å².